The summed E-state index contributed by atoms with van der Waals surface area (Å²) in [6.07, 6.45) is 3.81. The minimum Gasteiger partial charge on any atom is -0.462 e. The number of aromatic nitrogens is 1. The zero-order valence-electron chi connectivity index (χ0n) is 19.4. The van der Waals surface area contributed by atoms with Gasteiger partial charge in [-0.3, -0.25) is 9.36 Å². The van der Waals surface area contributed by atoms with Crippen molar-refractivity contribution in [2.24, 2.45) is 10.9 Å². The fourth-order valence-corrected chi connectivity index (χ4v) is 5.41. The Morgan fingerprint density at radius 3 is 2.65 bits per heavy atom. The summed E-state index contributed by atoms with van der Waals surface area (Å²) in [5.74, 6) is -0.249. The second-order valence-electron chi connectivity index (χ2n) is 8.40. The molecule has 8 heteroatoms. The Morgan fingerprint density at radius 1 is 1.26 bits per heavy atom. The van der Waals surface area contributed by atoms with E-state index < -0.39 is 12.0 Å². The lowest BCUT2D eigenvalue weighted by atomic mass is 9.96. The van der Waals surface area contributed by atoms with Crippen molar-refractivity contribution in [1.82, 2.24) is 4.57 Å². The molecule has 2 aromatic carbocycles. The Labute approximate surface area is 211 Å². The van der Waals surface area contributed by atoms with Gasteiger partial charge in [-0.2, -0.15) is 0 Å². The third kappa shape index (κ3) is 5.06. The number of halogens is 1. The number of hydrogen-bond donors (Lipinski definition) is 0. The lowest BCUT2D eigenvalue weighted by molar-refractivity contribution is -0.140. The smallest absolute Gasteiger partial charge is 0.338 e. The number of rotatable bonds is 6. The Hall–Kier alpha value is -2.61. The van der Waals surface area contributed by atoms with Crippen molar-refractivity contribution in [3.8, 4) is 0 Å². The number of ether oxygens (including phenoxy) is 1. The number of carbonyl (C=O) groups is 1. The van der Waals surface area contributed by atoms with Gasteiger partial charge in [0.1, 0.15) is 0 Å². The molecule has 0 spiro atoms. The van der Waals surface area contributed by atoms with Gasteiger partial charge in [0.25, 0.3) is 5.56 Å². The van der Waals surface area contributed by atoms with Crippen LogP contribution in [0.3, 0.4) is 0 Å². The van der Waals surface area contributed by atoms with Crippen molar-refractivity contribution >= 4 is 46.7 Å². The highest BCUT2D eigenvalue weighted by molar-refractivity contribution is 7.98. The first-order valence-corrected chi connectivity index (χ1v) is 13.3. The van der Waals surface area contributed by atoms with E-state index >= 15 is 0 Å². The van der Waals surface area contributed by atoms with Crippen LogP contribution in [0.2, 0.25) is 5.02 Å². The highest BCUT2D eigenvalue weighted by atomic mass is 35.5. The summed E-state index contributed by atoms with van der Waals surface area (Å²) < 4.78 is 7.71. The monoisotopic (exact) mass is 512 g/mol. The molecule has 1 unspecified atom stereocenters. The molecule has 176 valence electrons. The Balaban J connectivity index is 1.90. The number of hydrogen-bond acceptors (Lipinski definition) is 6. The van der Waals surface area contributed by atoms with E-state index in [-0.39, 0.29) is 11.5 Å². The van der Waals surface area contributed by atoms with Crippen molar-refractivity contribution < 1.29 is 9.53 Å². The van der Waals surface area contributed by atoms with Crippen molar-refractivity contribution in [2.45, 2.75) is 31.7 Å². The first kappa shape index (κ1) is 24.5. The molecule has 4 rings (SSSR count). The lowest BCUT2D eigenvalue weighted by Crippen LogP contribution is -2.40. The average molecular weight is 513 g/mol. The first-order chi connectivity index (χ1) is 16.3. The van der Waals surface area contributed by atoms with Crippen LogP contribution < -0.4 is 14.9 Å². The topological polar surface area (TPSA) is 60.7 Å². The van der Waals surface area contributed by atoms with Crippen LogP contribution in [0.15, 0.2) is 74.5 Å². The van der Waals surface area contributed by atoms with Crippen LogP contribution >= 0.6 is 34.7 Å². The van der Waals surface area contributed by atoms with E-state index in [1.54, 1.807) is 41.5 Å². The average Bonchev–Trinajstić information content (AvgIpc) is 3.11. The van der Waals surface area contributed by atoms with Gasteiger partial charge in [-0.05, 0) is 60.6 Å². The van der Waals surface area contributed by atoms with Crippen molar-refractivity contribution in [2.75, 3.05) is 12.9 Å². The van der Waals surface area contributed by atoms with E-state index in [2.05, 4.69) is 4.99 Å². The summed E-state index contributed by atoms with van der Waals surface area (Å²) in [5.41, 5.74) is 2.40. The van der Waals surface area contributed by atoms with Gasteiger partial charge in [0.05, 0.1) is 28.5 Å². The molecule has 1 aromatic heterocycles. The standard InChI is InChI=1S/C26H25ClN2O3S2/c1-15(2)14-32-25(31)22-16(3)28-26-29(23(22)18-8-10-20(33-4)11-9-18)24(30)21(34-26)13-17-6-5-7-19(27)12-17/h5-13,15,23H,14H2,1-4H3. The van der Waals surface area contributed by atoms with E-state index in [9.17, 15) is 9.59 Å². The minimum atomic E-state index is -0.617. The SMILES string of the molecule is CSc1ccc(C2C(C(=O)OCC(C)C)=C(C)N=c3sc(=Cc4cccc(Cl)c4)c(=O)n32)cc1. The van der Waals surface area contributed by atoms with Crippen LogP contribution in [-0.2, 0) is 9.53 Å². The quantitative estimate of drug-likeness (QED) is 0.351. The fourth-order valence-electron chi connectivity index (χ4n) is 3.75. The maximum absolute atomic E-state index is 13.6. The molecule has 3 aromatic rings. The third-order valence-electron chi connectivity index (χ3n) is 5.37. The number of allylic oxidation sites excluding steroid dienone is 1. The van der Waals surface area contributed by atoms with Gasteiger partial charge in [0.2, 0.25) is 0 Å². The fraction of sp³-hybridized carbons (Fsp3) is 0.269. The number of thiazole rings is 1. The Kier molecular flexibility index (Phi) is 7.45. The molecule has 0 amide bonds. The second-order valence-corrected chi connectivity index (χ2v) is 10.7. The number of thioether (sulfide) groups is 1. The Morgan fingerprint density at radius 2 is 2.00 bits per heavy atom. The van der Waals surface area contributed by atoms with E-state index in [4.69, 9.17) is 16.3 Å². The molecule has 0 N–H and O–H groups in total. The minimum absolute atomic E-state index is 0.197. The molecule has 0 bridgehead atoms. The highest BCUT2D eigenvalue weighted by Crippen LogP contribution is 2.31. The van der Waals surface area contributed by atoms with Crippen LogP contribution in [0, 0.1) is 5.92 Å². The van der Waals surface area contributed by atoms with E-state index in [1.807, 2.05) is 56.5 Å². The number of fused-ring (bicyclic) bond motifs is 1. The van der Waals surface area contributed by atoms with Crippen molar-refractivity contribution in [3.05, 3.63) is 95.6 Å². The van der Waals surface area contributed by atoms with Crippen molar-refractivity contribution in [1.29, 1.82) is 0 Å². The molecule has 34 heavy (non-hydrogen) atoms. The maximum Gasteiger partial charge on any atom is 0.338 e. The largest absolute Gasteiger partial charge is 0.462 e. The zero-order valence-corrected chi connectivity index (χ0v) is 21.8. The molecule has 0 saturated carbocycles. The molecule has 1 atom stereocenters. The molecule has 1 aliphatic heterocycles. The van der Waals surface area contributed by atoms with Gasteiger partial charge in [-0.15, -0.1) is 11.8 Å². The molecule has 0 aliphatic carbocycles. The molecule has 0 radical (unpaired) electrons. The molecule has 5 nitrogen and oxygen atoms in total. The number of esters is 1. The van der Waals surface area contributed by atoms with E-state index in [0.717, 1.165) is 16.0 Å². The van der Waals surface area contributed by atoms with E-state index in [0.29, 0.717) is 32.2 Å². The van der Waals surface area contributed by atoms with Crippen LogP contribution in [0.5, 0.6) is 0 Å². The molecule has 0 saturated heterocycles. The number of carbonyl (C=O) groups excluding carboxylic acids is 1. The zero-order chi connectivity index (χ0) is 24.4. The lowest BCUT2D eigenvalue weighted by Gasteiger charge is -2.25. The van der Waals surface area contributed by atoms with Crippen LogP contribution in [0.1, 0.15) is 37.9 Å². The summed E-state index contributed by atoms with van der Waals surface area (Å²) in [4.78, 5) is 33.1. The van der Waals surface area contributed by atoms with Gasteiger partial charge in [0.15, 0.2) is 4.80 Å². The number of nitrogens with zero attached hydrogens (tertiary/aromatic N) is 2. The van der Waals surface area contributed by atoms with E-state index in [1.165, 1.54) is 11.3 Å². The Bertz CT molecular complexity index is 1440. The summed E-state index contributed by atoms with van der Waals surface area (Å²) in [6.45, 7) is 6.06. The summed E-state index contributed by atoms with van der Waals surface area (Å²) >= 11 is 9.06. The molecule has 2 heterocycles. The van der Waals surface area contributed by atoms with Crippen LogP contribution in [0.4, 0.5) is 0 Å². The summed E-state index contributed by atoms with van der Waals surface area (Å²) in [5, 5.41) is 0.597. The van der Waals surface area contributed by atoms with Crippen molar-refractivity contribution in [3.63, 3.8) is 0 Å². The second kappa shape index (κ2) is 10.3. The van der Waals surface area contributed by atoms with Gasteiger partial charge < -0.3 is 4.74 Å². The van der Waals surface area contributed by atoms with Crippen LogP contribution in [-0.4, -0.2) is 23.4 Å². The normalized spacial score (nSPS) is 15.9. The number of benzene rings is 2. The van der Waals surface area contributed by atoms with Gasteiger partial charge in [-0.25, -0.2) is 9.79 Å². The molecular weight excluding hydrogens is 488 g/mol. The van der Waals surface area contributed by atoms with Gasteiger partial charge in [0, 0.05) is 9.92 Å². The molecule has 1 aliphatic rings. The molecule has 0 fully saturated rings. The predicted molar refractivity (Wildman–Crippen MR) is 139 cm³/mol. The highest BCUT2D eigenvalue weighted by Gasteiger charge is 2.33. The molecular formula is C26H25ClN2O3S2. The summed E-state index contributed by atoms with van der Waals surface area (Å²) in [6, 6.07) is 14.6. The predicted octanol–water partition coefficient (Wildman–Crippen LogP) is 4.81. The maximum atomic E-state index is 13.6. The van der Waals surface area contributed by atoms with Gasteiger partial charge in [-0.1, -0.05) is 61.1 Å². The summed E-state index contributed by atoms with van der Waals surface area (Å²) in [7, 11) is 0. The van der Waals surface area contributed by atoms with Gasteiger partial charge >= 0.3 is 5.97 Å². The first-order valence-electron chi connectivity index (χ1n) is 10.9. The van der Waals surface area contributed by atoms with Crippen LogP contribution in [0.25, 0.3) is 6.08 Å². The third-order valence-corrected chi connectivity index (χ3v) is 7.33.